The lowest BCUT2D eigenvalue weighted by Gasteiger charge is -2.17. The first-order valence-electron chi connectivity index (χ1n) is 17.1. The Balaban J connectivity index is 1.26. The van der Waals surface area contributed by atoms with Crippen LogP contribution in [0.15, 0.2) is 164 Å². The first kappa shape index (κ1) is 29.2. The van der Waals surface area contributed by atoms with E-state index in [-0.39, 0.29) is 5.82 Å². The van der Waals surface area contributed by atoms with Gasteiger partial charge < -0.3 is 4.57 Å². The molecule has 0 N–H and O–H groups in total. The van der Waals surface area contributed by atoms with Crippen LogP contribution >= 0.6 is 0 Å². The summed E-state index contributed by atoms with van der Waals surface area (Å²) in [4.78, 5) is 14.9. The molecule has 9 aromatic rings. The maximum absolute atomic E-state index is 14.4. The van der Waals surface area contributed by atoms with Crippen molar-refractivity contribution in [1.29, 1.82) is 0 Å². The molecule has 1 aliphatic carbocycles. The molecule has 0 saturated heterocycles. The molecule has 0 bridgehead atoms. The van der Waals surface area contributed by atoms with Crippen LogP contribution in [0.4, 0.5) is 4.39 Å². The van der Waals surface area contributed by atoms with Gasteiger partial charge in [-0.25, -0.2) is 19.3 Å². The number of para-hydroxylation sites is 1. The smallest absolute Gasteiger partial charge is 0.164 e. The van der Waals surface area contributed by atoms with Crippen molar-refractivity contribution in [3.63, 3.8) is 0 Å². The monoisotopic (exact) mass is 656 g/mol. The second-order valence-electron chi connectivity index (χ2n) is 13.0. The number of fused-ring (bicyclic) bond motifs is 7. The van der Waals surface area contributed by atoms with Crippen LogP contribution in [0.3, 0.4) is 0 Å². The van der Waals surface area contributed by atoms with Gasteiger partial charge in [-0.2, -0.15) is 0 Å². The van der Waals surface area contributed by atoms with Crippen LogP contribution in [0.1, 0.15) is 11.1 Å². The third kappa shape index (κ3) is 4.85. The molecule has 0 fully saturated rings. The van der Waals surface area contributed by atoms with Gasteiger partial charge in [0.1, 0.15) is 5.82 Å². The number of halogens is 1. The molecule has 2 heterocycles. The number of rotatable bonds is 5. The zero-order valence-electron chi connectivity index (χ0n) is 27.5. The molecule has 4 nitrogen and oxygen atoms in total. The van der Waals surface area contributed by atoms with E-state index in [2.05, 4.69) is 83.4 Å². The Labute approximate surface area is 294 Å². The molecule has 240 valence electrons. The van der Waals surface area contributed by atoms with Crippen molar-refractivity contribution in [2.24, 2.45) is 0 Å². The molecule has 0 spiro atoms. The summed E-state index contributed by atoms with van der Waals surface area (Å²) in [5.41, 5.74) is 13.0. The van der Waals surface area contributed by atoms with Crippen molar-refractivity contribution in [2.45, 2.75) is 6.42 Å². The quantitative estimate of drug-likeness (QED) is 0.185. The fourth-order valence-corrected chi connectivity index (χ4v) is 7.59. The Morgan fingerprint density at radius 1 is 0.451 bits per heavy atom. The third-order valence-electron chi connectivity index (χ3n) is 9.94. The van der Waals surface area contributed by atoms with Crippen LogP contribution in [0, 0.1) is 5.82 Å². The maximum Gasteiger partial charge on any atom is 0.164 e. The number of nitrogens with zero attached hydrogens (tertiary/aromatic N) is 4. The van der Waals surface area contributed by atoms with Crippen molar-refractivity contribution in [3.8, 4) is 62.1 Å². The summed E-state index contributed by atoms with van der Waals surface area (Å²) >= 11 is 0. The van der Waals surface area contributed by atoms with E-state index in [4.69, 9.17) is 15.0 Å². The van der Waals surface area contributed by atoms with E-state index in [0.29, 0.717) is 17.5 Å². The number of hydrogen-bond acceptors (Lipinski definition) is 3. The third-order valence-corrected chi connectivity index (χ3v) is 9.94. The maximum atomic E-state index is 14.4. The average molecular weight is 657 g/mol. The summed E-state index contributed by atoms with van der Waals surface area (Å²) < 4.78 is 16.8. The first-order valence-corrected chi connectivity index (χ1v) is 17.1. The minimum Gasteiger partial charge on any atom is -0.308 e. The highest BCUT2D eigenvalue weighted by Crippen LogP contribution is 2.46. The molecule has 0 aliphatic heterocycles. The highest BCUT2D eigenvalue weighted by Gasteiger charge is 2.26. The van der Waals surface area contributed by atoms with Crippen molar-refractivity contribution >= 4 is 21.8 Å². The van der Waals surface area contributed by atoms with Crippen LogP contribution in [-0.2, 0) is 6.42 Å². The predicted octanol–water partition coefficient (Wildman–Crippen LogP) is 11.3. The molecule has 5 heteroatoms. The van der Waals surface area contributed by atoms with Gasteiger partial charge in [0.15, 0.2) is 17.5 Å². The molecular weight excluding hydrogens is 628 g/mol. The molecule has 0 amide bonds. The molecule has 2 aromatic heterocycles. The van der Waals surface area contributed by atoms with Crippen molar-refractivity contribution < 1.29 is 4.39 Å². The lowest BCUT2D eigenvalue weighted by molar-refractivity contribution is 0.628. The number of hydrogen-bond donors (Lipinski definition) is 0. The second kappa shape index (κ2) is 11.7. The second-order valence-corrected chi connectivity index (χ2v) is 13.0. The van der Waals surface area contributed by atoms with Gasteiger partial charge in [0.05, 0.1) is 16.7 Å². The summed E-state index contributed by atoms with van der Waals surface area (Å²) in [5.74, 6) is 1.49. The average Bonchev–Trinajstić information content (AvgIpc) is 3.74. The van der Waals surface area contributed by atoms with Crippen LogP contribution < -0.4 is 0 Å². The molecule has 7 aromatic carbocycles. The van der Waals surface area contributed by atoms with Gasteiger partial charge in [-0.3, -0.25) is 0 Å². The lowest BCUT2D eigenvalue weighted by Crippen LogP contribution is -2.02. The van der Waals surface area contributed by atoms with Crippen LogP contribution in [0.2, 0.25) is 0 Å². The molecule has 0 radical (unpaired) electrons. The van der Waals surface area contributed by atoms with Gasteiger partial charge in [-0.15, -0.1) is 0 Å². The van der Waals surface area contributed by atoms with Gasteiger partial charge >= 0.3 is 0 Å². The Kier molecular flexibility index (Phi) is 6.71. The van der Waals surface area contributed by atoms with E-state index >= 15 is 0 Å². The topological polar surface area (TPSA) is 43.6 Å². The minimum atomic E-state index is -0.278. The van der Waals surface area contributed by atoms with Crippen LogP contribution in [0.25, 0.3) is 83.9 Å². The Bertz CT molecular complexity index is 2710. The Morgan fingerprint density at radius 2 is 1.06 bits per heavy atom. The zero-order chi connectivity index (χ0) is 33.9. The van der Waals surface area contributed by atoms with Gasteiger partial charge in [0.2, 0.25) is 0 Å². The van der Waals surface area contributed by atoms with E-state index in [1.54, 1.807) is 0 Å². The van der Waals surface area contributed by atoms with E-state index < -0.39 is 0 Å². The highest BCUT2D eigenvalue weighted by molar-refractivity contribution is 6.15. The summed E-state index contributed by atoms with van der Waals surface area (Å²) in [6.07, 6.45) is 0.902. The molecule has 0 unspecified atom stereocenters. The SMILES string of the molecule is Fc1ccc(-c2cc(-c3nc(-c4ccccc4)nc(-c4ccccc4)n3)ccc2-n2c3ccccc3c3ccc4c(c32)-c2ccccc2C4)cc1. The standard InChI is InChI=1S/C46H29FN4/c47-35-23-19-29(20-24-35)39-28-34(46-49-44(30-11-3-1-4-12-30)48-45(50-46)31-13-5-2-6-14-31)22-26-41(39)51-40-18-10-9-17-37(40)38-25-21-33-27-32-15-7-8-16-36(32)42(33)43(38)51/h1-26,28H,27H2. The van der Waals surface area contributed by atoms with E-state index in [1.807, 2.05) is 72.8 Å². The highest BCUT2D eigenvalue weighted by atomic mass is 19.1. The molecule has 0 saturated carbocycles. The minimum absolute atomic E-state index is 0.278. The van der Waals surface area contributed by atoms with Crippen molar-refractivity contribution in [2.75, 3.05) is 0 Å². The Morgan fingerprint density at radius 3 is 1.78 bits per heavy atom. The van der Waals surface area contributed by atoms with Crippen LogP contribution in [-0.4, -0.2) is 19.5 Å². The molecule has 10 rings (SSSR count). The summed E-state index contributed by atoms with van der Waals surface area (Å²) in [7, 11) is 0. The van der Waals surface area contributed by atoms with Gasteiger partial charge in [-0.05, 0) is 65.1 Å². The Hall–Kier alpha value is -6.72. The molecule has 1 aliphatic rings. The van der Waals surface area contributed by atoms with Crippen LogP contribution in [0.5, 0.6) is 0 Å². The van der Waals surface area contributed by atoms with Crippen molar-refractivity contribution in [1.82, 2.24) is 19.5 Å². The summed E-state index contributed by atoms with van der Waals surface area (Å²) in [6, 6.07) is 55.0. The van der Waals surface area contributed by atoms with Gasteiger partial charge in [0.25, 0.3) is 0 Å². The summed E-state index contributed by atoms with van der Waals surface area (Å²) in [5, 5.41) is 2.39. The van der Waals surface area contributed by atoms with E-state index in [0.717, 1.165) is 45.4 Å². The predicted molar refractivity (Wildman–Crippen MR) is 204 cm³/mol. The van der Waals surface area contributed by atoms with E-state index in [9.17, 15) is 4.39 Å². The molecular formula is C46H29FN4. The molecule has 51 heavy (non-hydrogen) atoms. The largest absolute Gasteiger partial charge is 0.308 e. The van der Waals surface area contributed by atoms with Gasteiger partial charge in [0, 0.05) is 38.6 Å². The van der Waals surface area contributed by atoms with E-state index in [1.165, 1.54) is 50.7 Å². The normalized spacial score (nSPS) is 11.9. The number of benzene rings is 7. The first-order chi connectivity index (χ1) is 25.2. The zero-order valence-corrected chi connectivity index (χ0v) is 27.5. The van der Waals surface area contributed by atoms with Crippen molar-refractivity contribution in [3.05, 3.63) is 181 Å². The fraction of sp³-hybridized carbons (Fsp3) is 0.0217. The lowest BCUT2D eigenvalue weighted by atomic mass is 9.99. The molecule has 0 atom stereocenters. The number of aromatic nitrogens is 4. The summed E-state index contributed by atoms with van der Waals surface area (Å²) in [6.45, 7) is 0. The fourth-order valence-electron chi connectivity index (χ4n) is 7.59. The van der Waals surface area contributed by atoms with Gasteiger partial charge in [-0.1, -0.05) is 127 Å².